The SMILES string of the molecule is O=C(O)CCCCCc1c[nH]c2ccc(Cl)cc12. The minimum atomic E-state index is -0.714. The lowest BCUT2D eigenvalue weighted by atomic mass is 10.1. The van der Waals surface area contributed by atoms with E-state index in [0.717, 1.165) is 36.2 Å². The van der Waals surface area contributed by atoms with E-state index >= 15 is 0 Å². The standard InChI is InChI=1S/C14H16ClNO2/c15-11-6-7-13-12(8-11)10(9-16-13)4-2-1-3-5-14(17)18/h6-9,16H,1-5H2,(H,17,18). The molecule has 0 fully saturated rings. The number of aliphatic carboxylic acids is 1. The molecule has 0 unspecified atom stereocenters. The predicted octanol–water partition coefficient (Wildman–Crippen LogP) is 4.01. The zero-order valence-electron chi connectivity index (χ0n) is 10.1. The van der Waals surface area contributed by atoms with Crippen LogP contribution in [0.4, 0.5) is 0 Å². The van der Waals surface area contributed by atoms with E-state index in [4.69, 9.17) is 16.7 Å². The molecule has 2 rings (SSSR count). The van der Waals surface area contributed by atoms with Crippen molar-refractivity contribution in [2.45, 2.75) is 32.1 Å². The molecular weight excluding hydrogens is 250 g/mol. The summed E-state index contributed by atoms with van der Waals surface area (Å²) in [4.78, 5) is 13.6. The molecule has 18 heavy (non-hydrogen) atoms. The Balaban J connectivity index is 1.91. The van der Waals surface area contributed by atoms with E-state index in [-0.39, 0.29) is 6.42 Å². The molecule has 96 valence electrons. The zero-order chi connectivity index (χ0) is 13.0. The number of hydrogen-bond acceptors (Lipinski definition) is 1. The normalized spacial score (nSPS) is 10.9. The van der Waals surface area contributed by atoms with Crippen molar-refractivity contribution in [1.82, 2.24) is 4.98 Å². The number of carbonyl (C=O) groups is 1. The lowest BCUT2D eigenvalue weighted by Crippen LogP contribution is -1.94. The third-order valence-electron chi connectivity index (χ3n) is 3.07. The number of H-pyrrole nitrogens is 1. The first-order chi connectivity index (χ1) is 8.66. The van der Waals surface area contributed by atoms with Crippen LogP contribution >= 0.6 is 11.6 Å². The largest absolute Gasteiger partial charge is 0.481 e. The highest BCUT2D eigenvalue weighted by Gasteiger charge is 2.04. The monoisotopic (exact) mass is 265 g/mol. The van der Waals surface area contributed by atoms with Crippen LogP contribution in [0.5, 0.6) is 0 Å². The Morgan fingerprint density at radius 3 is 2.89 bits per heavy atom. The van der Waals surface area contributed by atoms with Gasteiger partial charge in [0.25, 0.3) is 0 Å². The summed E-state index contributed by atoms with van der Waals surface area (Å²) in [6.45, 7) is 0. The van der Waals surface area contributed by atoms with Crippen LogP contribution in [-0.4, -0.2) is 16.1 Å². The number of aromatic amines is 1. The number of rotatable bonds is 6. The van der Waals surface area contributed by atoms with Crippen molar-refractivity contribution in [2.75, 3.05) is 0 Å². The topological polar surface area (TPSA) is 53.1 Å². The van der Waals surface area contributed by atoms with Crippen molar-refractivity contribution in [2.24, 2.45) is 0 Å². The van der Waals surface area contributed by atoms with Crippen LogP contribution in [0.25, 0.3) is 10.9 Å². The predicted molar refractivity (Wildman–Crippen MR) is 73.1 cm³/mol. The van der Waals surface area contributed by atoms with Crippen molar-refractivity contribution in [3.05, 3.63) is 35.0 Å². The summed E-state index contributed by atoms with van der Waals surface area (Å²) in [5, 5.41) is 10.5. The quantitative estimate of drug-likeness (QED) is 0.776. The van der Waals surface area contributed by atoms with Crippen molar-refractivity contribution in [1.29, 1.82) is 0 Å². The van der Waals surface area contributed by atoms with Gasteiger partial charge in [-0.15, -0.1) is 0 Å². The average molecular weight is 266 g/mol. The summed E-state index contributed by atoms with van der Waals surface area (Å²) in [7, 11) is 0. The number of halogens is 1. The van der Waals surface area contributed by atoms with Crippen LogP contribution in [-0.2, 0) is 11.2 Å². The molecule has 0 aliphatic rings. The fourth-order valence-corrected chi connectivity index (χ4v) is 2.30. The molecule has 0 atom stereocenters. The minimum Gasteiger partial charge on any atom is -0.481 e. The first-order valence-corrected chi connectivity index (χ1v) is 6.52. The molecule has 0 saturated carbocycles. The molecule has 0 aliphatic heterocycles. The van der Waals surface area contributed by atoms with Crippen molar-refractivity contribution in [3.8, 4) is 0 Å². The maximum atomic E-state index is 10.4. The number of nitrogens with one attached hydrogen (secondary N) is 1. The number of carboxylic acid groups (broad SMARTS) is 1. The van der Waals surface area contributed by atoms with Gasteiger partial charge in [-0.25, -0.2) is 0 Å². The summed E-state index contributed by atoms with van der Waals surface area (Å²) in [6, 6.07) is 5.82. The van der Waals surface area contributed by atoms with E-state index in [1.165, 1.54) is 10.9 Å². The van der Waals surface area contributed by atoms with Gasteiger partial charge in [-0.1, -0.05) is 18.0 Å². The van der Waals surface area contributed by atoms with Crippen LogP contribution in [0.15, 0.2) is 24.4 Å². The third kappa shape index (κ3) is 3.26. The van der Waals surface area contributed by atoms with Crippen molar-refractivity contribution < 1.29 is 9.90 Å². The minimum absolute atomic E-state index is 0.264. The van der Waals surface area contributed by atoms with Gasteiger partial charge in [0.15, 0.2) is 0 Å². The molecule has 4 heteroatoms. The Kier molecular flexibility index (Phi) is 4.26. The molecule has 0 amide bonds. The second-order valence-corrected chi connectivity index (χ2v) is 4.89. The van der Waals surface area contributed by atoms with Crippen molar-refractivity contribution >= 4 is 28.5 Å². The number of aryl methyl sites for hydroxylation is 1. The van der Waals surface area contributed by atoms with Gasteiger partial charge in [0.05, 0.1) is 0 Å². The van der Waals surface area contributed by atoms with Gasteiger partial charge in [-0.05, 0) is 43.0 Å². The van der Waals surface area contributed by atoms with E-state index in [1.54, 1.807) is 0 Å². The summed E-state index contributed by atoms with van der Waals surface area (Å²) in [5.74, 6) is -0.714. The Bertz CT molecular complexity index is 548. The van der Waals surface area contributed by atoms with Crippen LogP contribution in [0, 0.1) is 0 Å². The van der Waals surface area contributed by atoms with Crippen LogP contribution < -0.4 is 0 Å². The molecule has 2 aromatic rings. The van der Waals surface area contributed by atoms with Gasteiger partial charge >= 0.3 is 5.97 Å². The summed E-state index contributed by atoms with van der Waals surface area (Å²) in [6.07, 6.45) is 5.93. The molecule has 0 spiro atoms. The fourth-order valence-electron chi connectivity index (χ4n) is 2.13. The van der Waals surface area contributed by atoms with Gasteiger partial charge in [0.1, 0.15) is 0 Å². The van der Waals surface area contributed by atoms with Crippen molar-refractivity contribution in [3.63, 3.8) is 0 Å². The zero-order valence-corrected chi connectivity index (χ0v) is 10.8. The molecule has 1 aromatic carbocycles. The van der Waals surface area contributed by atoms with Crippen LogP contribution in [0.3, 0.4) is 0 Å². The molecule has 1 heterocycles. The number of carboxylic acids is 1. The second kappa shape index (κ2) is 5.91. The number of unbranched alkanes of at least 4 members (excludes halogenated alkanes) is 2. The maximum Gasteiger partial charge on any atom is 0.303 e. The number of benzene rings is 1. The van der Waals surface area contributed by atoms with Gasteiger partial charge in [-0.2, -0.15) is 0 Å². The highest BCUT2D eigenvalue weighted by Crippen LogP contribution is 2.23. The van der Waals surface area contributed by atoms with Gasteiger partial charge < -0.3 is 10.1 Å². The molecule has 1 aromatic heterocycles. The average Bonchev–Trinajstić information content (AvgIpc) is 2.71. The fraction of sp³-hybridized carbons (Fsp3) is 0.357. The first-order valence-electron chi connectivity index (χ1n) is 6.14. The molecule has 0 aliphatic carbocycles. The number of fused-ring (bicyclic) bond motifs is 1. The number of hydrogen-bond donors (Lipinski definition) is 2. The Morgan fingerprint density at radius 2 is 2.11 bits per heavy atom. The Hall–Kier alpha value is -1.48. The highest BCUT2D eigenvalue weighted by atomic mass is 35.5. The van der Waals surface area contributed by atoms with E-state index in [0.29, 0.717) is 0 Å². The Labute approximate surface area is 111 Å². The smallest absolute Gasteiger partial charge is 0.303 e. The molecule has 0 radical (unpaired) electrons. The van der Waals surface area contributed by atoms with E-state index < -0.39 is 5.97 Å². The van der Waals surface area contributed by atoms with Gasteiger partial charge in [0, 0.05) is 28.5 Å². The molecule has 3 nitrogen and oxygen atoms in total. The summed E-state index contributed by atoms with van der Waals surface area (Å²) in [5.41, 5.74) is 2.35. The maximum absolute atomic E-state index is 10.4. The van der Waals surface area contributed by atoms with E-state index in [1.807, 2.05) is 24.4 Å². The van der Waals surface area contributed by atoms with Gasteiger partial charge in [0.2, 0.25) is 0 Å². The third-order valence-corrected chi connectivity index (χ3v) is 3.30. The number of aromatic nitrogens is 1. The van der Waals surface area contributed by atoms with Crippen LogP contribution in [0.1, 0.15) is 31.2 Å². The second-order valence-electron chi connectivity index (χ2n) is 4.46. The van der Waals surface area contributed by atoms with E-state index in [2.05, 4.69) is 4.98 Å². The molecule has 0 bridgehead atoms. The first kappa shape index (κ1) is 13.0. The summed E-state index contributed by atoms with van der Waals surface area (Å²) >= 11 is 5.99. The van der Waals surface area contributed by atoms with Crippen LogP contribution in [0.2, 0.25) is 5.02 Å². The Morgan fingerprint density at radius 1 is 1.28 bits per heavy atom. The lowest BCUT2D eigenvalue weighted by molar-refractivity contribution is -0.137. The lowest BCUT2D eigenvalue weighted by Gasteiger charge is -2.00. The summed E-state index contributed by atoms with van der Waals surface area (Å²) < 4.78 is 0. The molecular formula is C14H16ClNO2. The van der Waals surface area contributed by atoms with E-state index in [9.17, 15) is 4.79 Å². The highest BCUT2D eigenvalue weighted by molar-refractivity contribution is 6.31. The molecule has 0 saturated heterocycles. The molecule has 2 N–H and O–H groups in total. The van der Waals surface area contributed by atoms with Gasteiger partial charge in [-0.3, -0.25) is 4.79 Å².